The fourth-order valence-electron chi connectivity index (χ4n) is 1.54. The number of para-hydroxylation sites is 1. The quantitative estimate of drug-likeness (QED) is 0.697. The molecule has 0 bridgehead atoms. The molecule has 2 heterocycles. The Kier molecular flexibility index (Phi) is 3.75. The van der Waals surface area contributed by atoms with Crippen molar-refractivity contribution in [2.45, 2.75) is 6.61 Å². The summed E-state index contributed by atoms with van der Waals surface area (Å²) in [6.45, 7) is 0.138. The summed E-state index contributed by atoms with van der Waals surface area (Å²) in [6.07, 6.45) is 0. The number of aromatic nitrogens is 2. The number of nitrogens with zero attached hydrogens (tertiary/aromatic N) is 2. The van der Waals surface area contributed by atoms with Gasteiger partial charge in [0.05, 0.1) is 5.02 Å². The normalized spacial score (nSPS) is 10.7. The van der Waals surface area contributed by atoms with Gasteiger partial charge in [-0.25, -0.2) is 0 Å². The lowest BCUT2D eigenvalue weighted by Crippen LogP contribution is -1.95. The van der Waals surface area contributed by atoms with Crippen LogP contribution in [0, 0.1) is 0 Å². The number of ether oxygens (including phenoxy) is 1. The van der Waals surface area contributed by atoms with E-state index in [2.05, 4.69) is 26.1 Å². The minimum absolute atomic E-state index is 0.138. The first kappa shape index (κ1) is 13.2. The van der Waals surface area contributed by atoms with Gasteiger partial charge in [-0.05, 0) is 40.2 Å². The molecule has 0 amide bonds. The molecule has 0 saturated heterocycles. The van der Waals surface area contributed by atoms with Crippen molar-refractivity contribution in [1.29, 1.82) is 0 Å². The lowest BCUT2D eigenvalue weighted by Gasteiger charge is -2.04. The van der Waals surface area contributed by atoms with Crippen LogP contribution in [0.2, 0.25) is 5.02 Å². The SMILES string of the molecule is Clc1ccccc1OCc1nnc(-c2ccc(Br)o2)o1. The number of hydrogen-bond donors (Lipinski definition) is 0. The van der Waals surface area contributed by atoms with Gasteiger partial charge in [-0.1, -0.05) is 23.7 Å². The zero-order valence-corrected chi connectivity index (χ0v) is 12.4. The van der Waals surface area contributed by atoms with Crippen molar-refractivity contribution >= 4 is 27.5 Å². The predicted octanol–water partition coefficient (Wildman–Crippen LogP) is 4.32. The molecule has 1 aromatic carbocycles. The first-order valence-corrected chi connectivity index (χ1v) is 6.85. The monoisotopic (exact) mass is 354 g/mol. The maximum absolute atomic E-state index is 5.98. The molecule has 0 N–H and O–H groups in total. The van der Waals surface area contributed by atoms with Gasteiger partial charge in [-0.15, -0.1) is 10.2 Å². The molecular weight excluding hydrogens is 348 g/mol. The van der Waals surface area contributed by atoms with E-state index >= 15 is 0 Å². The average molecular weight is 356 g/mol. The molecule has 3 aromatic rings. The van der Waals surface area contributed by atoms with Crippen LogP contribution in [0.15, 0.2) is 49.9 Å². The minimum atomic E-state index is 0.138. The van der Waals surface area contributed by atoms with Gasteiger partial charge in [0.1, 0.15) is 5.75 Å². The van der Waals surface area contributed by atoms with Crippen molar-refractivity contribution in [3.05, 3.63) is 52.0 Å². The van der Waals surface area contributed by atoms with Crippen LogP contribution >= 0.6 is 27.5 Å². The molecule has 0 atom stereocenters. The van der Waals surface area contributed by atoms with Crippen molar-refractivity contribution in [3.8, 4) is 17.4 Å². The highest BCUT2D eigenvalue weighted by Gasteiger charge is 2.13. The van der Waals surface area contributed by atoms with Crippen LogP contribution in [0.25, 0.3) is 11.7 Å². The Morgan fingerprint density at radius 2 is 1.95 bits per heavy atom. The van der Waals surface area contributed by atoms with E-state index in [4.69, 9.17) is 25.2 Å². The molecule has 0 aliphatic rings. The Hall–Kier alpha value is -1.79. The number of furan rings is 1. The van der Waals surface area contributed by atoms with Crippen molar-refractivity contribution < 1.29 is 13.6 Å². The van der Waals surface area contributed by atoms with Gasteiger partial charge in [0.15, 0.2) is 17.0 Å². The molecule has 3 rings (SSSR count). The van der Waals surface area contributed by atoms with E-state index in [1.807, 2.05) is 12.1 Å². The first-order valence-electron chi connectivity index (χ1n) is 5.68. The highest BCUT2D eigenvalue weighted by molar-refractivity contribution is 9.10. The van der Waals surface area contributed by atoms with E-state index in [1.165, 1.54) is 0 Å². The van der Waals surface area contributed by atoms with Crippen LogP contribution in [0.3, 0.4) is 0 Å². The average Bonchev–Trinajstić information content (AvgIpc) is 3.06. The topological polar surface area (TPSA) is 61.3 Å². The standard InChI is InChI=1S/C13H8BrClN2O3/c14-11-6-5-10(19-11)13-17-16-12(20-13)7-18-9-4-2-1-3-8(9)15/h1-6H,7H2. The van der Waals surface area contributed by atoms with Crippen LogP contribution < -0.4 is 4.74 Å². The molecule has 0 aliphatic carbocycles. The van der Waals surface area contributed by atoms with Crippen LogP contribution in [0.4, 0.5) is 0 Å². The van der Waals surface area contributed by atoms with Crippen LogP contribution in [0.1, 0.15) is 5.89 Å². The third-order valence-corrected chi connectivity index (χ3v) is 3.18. The van der Waals surface area contributed by atoms with Gasteiger partial charge in [-0.2, -0.15) is 0 Å². The summed E-state index contributed by atoms with van der Waals surface area (Å²) in [5.74, 6) is 1.70. The first-order chi connectivity index (χ1) is 9.72. The van der Waals surface area contributed by atoms with E-state index in [-0.39, 0.29) is 6.61 Å². The number of hydrogen-bond acceptors (Lipinski definition) is 5. The Labute approximate surface area is 127 Å². The maximum Gasteiger partial charge on any atom is 0.283 e. The lowest BCUT2D eigenvalue weighted by atomic mass is 10.3. The number of benzene rings is 1. The van der Waals surface area contributed by atoms with Gasteiger partial charge >= 0.3 is 0 Å². The second-order valence-electron chi connectivity index (χ2n) is 3.82. The van der Waals surface area contributed by atoms with Gasteiger partial charge in [0, 0.05) is 0 Å². The van der Waals surface area contributed by atoms with Gasteiger partial charge in [-0.3, -0.25) is 0 Å². The number of rotatable bonds is 4. The molecular formula is C13H8BrClN2O3. The van der Waals surface area contributed by atoms with E-state index in [0.29, 0.717) is 33.0 Å². The van der Waals surface area contributed by atoms with E-state index in [0.717, 1.165) is 0 Å². The van der Waals surface area contributed by atoms with E-state index in [9.17, 15) is 0 Å². The van der Waals surface area contributed by atoms with Crippen LogP contribution in [-0.4, -0.2) is 10.2 Å². The van der Waals surface area contributed by atoms with Gasteiger partial charge in [0.2, 0.25) is 0 Å². The molecule has 0 aliphatic heterocycles. The Morgan fingerprint density at radius 3 is 2.70 bits per heavy atom. The van der Waals surface area contributed by atoms with Crippen LogP contribution in [-0.2, 0) is 6.61 Å². The van der Waals surface area contributed by atoms with Crippen molar-refractivity contribution in [2.24, 2.45) is 0 Å². The van der Waals surface area contributed by atoms with Crippen molar-refractivity contribution in [2.75, 3.05) is 0 Å². The van der Waals surface area contributed by atoms with Crippen LogP contribution in [0.5, 0.6) is 5.75 Å². The molecule has 0 unspecified atom stereocenters. The molecule has 2 aromatic heterocycles. The summed E-state index contributed by atoms with van der Waals surface area (Å²) in [5.41, 5.74) is 0. The molecule has 0 spiro atoms. The Bertz CT molecular complexity index is 726. The highest BCUT2D eigenvalue weighted by atomic mass is 79.9. The molecule has 20 heavy (non-hydrogen) atoms. The zero-order chi connectivity index (χ0) is 13.9. The molecule has 0 fully saturated rings. The minimum Gasteiger partial charge on any atom is -0.482 e. The van der Waals surface area contributed by atoms with Gasteiger partial charge < -0.3 is 13.6 Å². The summed E-state index contributed by atoms with van der Waals surface area (Å²) in [7, 11) is 0. The molecule has 102 valence electrons. The molecule has 5 nitrogen and oxygen atoms in total. The van der Waals surface area contributed by atoms with E-state index in [1.54, 1.807) is 24.3 Å². The summed E-state index contributed by atoms with van der Waals surface area (Å²) >= 11 is 9.19. The summed E-state index contributed by atoms with van der Waals surface area (Å²) in [4.78, 5) is 0. The largest absolute Gasteiger partial charge is 0.482 e. The smallest absolute Gasteiger partial charge is 0.283 e. The highest BCUT2D eigenvalue weighted by Crippen LogP contribution is 2.26. The third kappa shape index (κ3) is 2.86. The predicted molar refractivity (Wildman–Crippen MR) is 75.5 cm³/mol. The maximum atomic E-state index is 5.98. The second kappa shape index (κ2) is 5.68. The van der Waals surface area contributed by atoms with Gasteiger partial charge in [0.25, 0.3) is 11.8 Å². The fourth-order valence-corrected chi connectivity index (χ4v) is 2.04. The van der Waals surface area contributed by atoms with Crippen molar-refractivity contribution in [3.63, 3.8) is 0 Å². The molecule has 0 saturated carbocycles. The third-order valence-electron chi connectivity index (χ3n) is 2.44. The Morgan fingerprint density at radius 1 is 1.10 bits per heavy atom. The summed E-state index contributed by atoms with van der Waals surface area (Å²) in [5, 5.41) is 8.31. The zero-order valence-electron chi connectivity index (χ0n) is 10.0. The fraction of sp³-hybridized carbons (Fsp3) is 0.0769. The second-order valence-corrected chi connectivity index (χ2v) is 5.01. The molecule has 0 radical (unpaired) electrons. The summed E-state index contributed by atoms with van der Waals surface area (Å²) < 4.78 is 16.9. The Balaban J connectivity index is 1.70. The lowest BCUT2D eigenvalue weighted by molar-refractivity contribution is 0.264. The molecule has 7 heteroatoms. The van der Waals surface area contributed by atoms with E-state index < -0.39 is 0 Å². The summed E-state index contributed by atoms with van der Waals surface area (Å²) in [6, 6.07) is 10.7. The number of halogens is 2. The van der Waals surface area contributed by atoms with Crippen molar-refractivity contribution in [1.82, 2.24) is 10.2 Å².